The van der Waals surface area contributed by atoms with Crippen molar-refractivity contribution in [3.8, 4) is 34.7 Å². The number of benzene rings is 2. The van der Waals surface area contributed by atoms with Crippen molar-refractivity contribution >= 4 is 0 Å². The maximum absolute atomic E-state index is 9.38. The van der Waals surface area contributed by atoms with Gasteiger partial charge < -0.3 is 9.26 Å². The molecule has 149 valence electrons. The smallest absolute Gasteiger partial charge is 0.258 e. The Balaban J connectivity index is 0.00000136. The Labute approximate surface area is 198 Å². The molecule has 6 heteroatoms. The van der Waals surface area contributed by atoms with Crippen LogP contribution in [0.2, 0.25) is 0 Å². The second-order valence-electron chi connectivity index (χ2n) is 6.21. The Morgan fingerprint density at radius 3 is 2.55 bits per heavy atom. The number of nitrogens with zero attached hydrogens (tertiary/aromatic N) is 3. The summed E-state index contributed by atoms with van der Waals surface area (Å²) in [7, 11) is 0. The zero-order chi connectivity index (χ0) is 20.7. The minimum Gasteiger partial charge on any atom is -0.490 e. The maximum Gasteiger partial charge on any atom is 0.258 e. The van der Waals surface area contributed by atoms with E-state index in [-0.39, 0.29) is 38.8 Å². The van der Waals surface area contributed by atoms with Crippen LogP contribution in [0.4, 0.5) is 0 Å². The van der Waals surface area contributed by atoms with E-state index in [1.807, 2.05) is 52.0 Å². The molecule has 1 aromatic heterocycles. The number of ether oxygens (including phenoxy) is 1. The first-order valence-corrected chi connectivity index (χ1v) is 9.52. The van der Waals surface area contributed by atoms with E-state index in [2.05, 4.69) is 30.1 Å². The normalized spacial score (nSPS) is 9.83. The van der Waals surface area contributed by atoms with E-state index in [9.17, 15) is 5.26 Å². The minimum absolute atomic E-state index is 0. The topological polar surface area (TPSA) is 71.9 Å². The van der Waals surface area contributed by atoms with E-state index in [0.29, 0.717) is 28.6 Å². The minimum atomic E-state index is -0.00893. The van der Waals surface area contributed by atoms with Crippen molar-refractivity contribution in [1.82, 2.24) is 10.1 Å². The van der Waals surface area contributed by atoms with Crippen molar-refractivity contribution in [2.24, 2.45) is 0 Å². The van der Waals surface area contributed by atoms with Gasteiger partial charge in [0.2, 0.25) is 0 Å². The molecular formula is C23H26N3O2Y-. The molecule has 0 spiro atoms. The van der Waals surface area contributed by atoms with Crippen molar-refractivity contribution in [2.75, 3.05) is 0 Å². The Hall–Kier alpha value is -2.16. The zero-order valence-electron chi connectivity index (χ0n) is 17.7. The molecule has 5 nitrogen and oxygen atoms in total. The monoisotopic (exact) mass is 465 g/mol. The van der Waals surface area contributed by atoms with Crippen LogP contribution in [0.1, 0.15) is 51.3 Å². The second-order valence-corrected chi connectivity index (χ2v) is 6.21. The number of rotatable bonds is 5. The molecule has 1 heterocycles. The molecule has 0 fully saturated rings. The van der Waals surface area contributed by atoms with Gasteiger partial charge in [-0.2, -0.15) is 28.8 Å². The molecule has 2 aromatic carbocycles. The third-order valence-electron chi connectivity index (χ3n) is 4.00. The molecule has 0 saturated carbocycles. The van der Waals surface area contributed by atoms with E-state index < -0.39 is 0 Å². The fourth-order valence-corrected chi connectivity index (χ4v) is 2.82. The summed E-state index contributed by atoms with van der Waals surface area (Å²) in [5.41, 5.74) is 4.08. The first kappa shape index (κ1) is 24.9. The quantitative estimate of drug-likeness (QED) is 0.444. The van der Waals surface area contributed by atoms with E-state index in [0.717, 1.165) is 23.1 Å². The molecule has 0 amide bonds. The van der Waals surface area contributed by atoms with Gasteiger partial charge in [0.1, 0.15) is 11.8 Å². The first-order valence-electron chi connectivity index (χ1n) is 9.52. The summed E-state index contributed by atoms with van der Waals surface area (Å²) in [6.45, 7) is 14.0. The first-order chi connectivity index (χ1) is 13.5. The van der Waals surface area contributed by atoms with Crippen molar-refractivity contribution in [2.45, 2.75) is 47.1 Å². The van der Waals surface area contributed by atoms with Crippen LogP contribution in [0.15, 0.2) is 40.9 Å². The third-order valence-corrected chi connectivity index (χ3v) is 4.00. The van der Waals surface area contributed by atoms with Gasteiger partial charge in [-0.05, 0) is 37.6 Å². The van der Waals surface area contributed by atoms with Crippen LogP contribution >= 0.6 is 0 Å². The number of hydrogen-bond donors (Lipinski definition) is 0. The predicted octanol–water partition coefficient (Wildman–Crippen LogP) is 5.83. The SMILES string of the molecule is CC.[CH2-]c1cccc(-c2noc(-c3ccc(OC(C)C)c(C#N)c3)n2)c1CC.[Y]. The predicted molar refractivity (Wildman–Crippen MR) is 111 cm³/mol. The van der Waals surface area contributed by atoms with E-state index >= 15 is 0 Å². The summed E-state index contributed by atoms with van der Waals surface area (Å²) >= 11 is 0. The summed E-state index contributed by atoms with van der Waals surface area (Å²) < 4.78 is 11.1. The summed E-state index contributed by atoms with van der Waals surface area (Å²) in [5.74, 6) is 1.43. The van der Waals surface area contributed by atoms with Gasteiger partial charge in [0.15, 0.2) is 5.82 Å². The fraction of sp³-hybridized carbons (Fsp3) is 0.304. The zero-order valence-corrected chi connectivity index (χ0v) is 20.5. The Morgan fingerprint density at radius 2 is 1.93 bits per heavy atom. The van der Waals surface area contributed by atoms with Crippen molar-refractivity contribution in [3.63, 3.8) is 0 Å². The van der Waals surface area contributed by atoms with E-state index in [1.54, 1.807) is 12.1 Å². The summed E-state index contributed by atoms with van der Waals surface area (Å²) in [4.78, 5) is 4.51. The molecular weight excluding hydrogens is 439 g/mol. The molecule has 0 atom stereocenters. The average molecular weight is 465 g/mol. The van der Waals surface area contributed by atoms with Crippen molar-refractivity contribution in [1.29, 1.82) is 5.26 Å². The molecule has 3 aromatic rings. The summed E-state index contributed by atoms with van der Waals surface area (Å²) in [6, 6.07) is 13.3. The molecule has 1 radical (unpaired) electrons. The molecule has 0 aliphatic rings. The molecule has 0 aliphatic carbocycles. The molecule has 0 unspecified atom stereocenters. The van der Waals surface area contributed by atoms with Crippen LogP contribution < -0.4 is 4.74 Å². The van der Waals surface area contributed by atoms with Crippen molar-refractivity contribution in [3.05, 3.63) is 60.0 Å². The average Bonchev–Trinajstić information content (AvgIpc) is 3.19. The van der Waals surface area contributed by atoms with Crippen LogP contribution in [-0.2, 0) is 39.1 Å². The van der Waals surface area contributed by atoms with Gasteiger partial charge in [0.05, 0.1) is 11.7 Å². The largest absolute Gasteiger partial charge is 0.490 e. The van der Waals surface area contributed by atoms with Gasteiger partial charge in [-0.3, -0.25) is 0 Å². The summed E-state index contributed by atoms with van der Waals surface area (Å²) in [5, 5.41) is 13.5. The Kier molecular flexibility index (Phi) is 10.1. The van der Waals surface area contributed by atoms with Crippen LogP contribution in [0.5, 0.6) is 5.75 Å². The summed E-state index contributed by atoms with van der Waals surface area (Å²) in [6.07, 6.45) is 0.823. The molecule has 0 N–H and O–H groups in total. The van der Waals surface area contributed by atoms with Crippen LogP contribution in [0, 0.1) is 18.3 Å². The van der Waals surface area contributed by atoms with E-state index in [4.69, 9.17) is 9.26 Å². The van der Waals surface area contributed by atoms with Crippen LogP contribution in [-0.4, -0.2) is 16.2 Å². The third kappa shape index (κ3) is 5.91. The van der Waals surface area contributed by atoms with Crippen LogP contribution in [0.25, 0.3) is 22.8 Å². The Morgan fingerprint density at radius 1 is 1.21 bits per heavy atom. The molecule has 0 bridgehead atoms. The van der Waals surface area contributed by atoms with Gasteiger partial charge in [0, 0.05) is 38.3 Å². The molecule has 3 rings (SSSR count). The van der Waals surface area contributed by atoms with Gasteiger partial charge in [-0.1, -0.05) is 38.4 Å². The number of nitriles is 1. The van der Waals surface area contributed by atoms with Gasteiger partial charge in [-0.25, -0.2) is 0 Å². The number of hydrogen-bond acceptors (Lipinski definition) is 5. The van der Waals surface area contributed by atoms with Gasteiger partial charge in [0.25, 0.3) is 5.89 Å². The van der Waals surface area contributed by atoms with E-state index in [1.165, 1.54) is 0 Å². The fourth-order valence-electron chi connectivity index (χ4n) is 2.82. The Bertz CT molecular complexity index is 974. The van der Waals surface area contributed by atoms with Gasteiger partial charge in [-0.15, -0.1) is 11.6 Å². The van der Waals surface area contributed by atoms with Crippen LogP contribution in [0.3, 0.4) is 0 Å². The molecule has 29 heavy (non-hydrogen) atoms. The molecule has 0 aliphatic heterocycles. The van der Waals surface area contributed by atoms with Gasteiger partial charge >= 0.3 is 0 Å². The maximum atomic E-state index is 9.38. The molecule has 0 saturated heterocycles. The number of aromatic nitrogens is 2. The van der Waals surface area contributed by atoms with Crippen molar-refractivity contribution < 1.29 is 42.0 Å². The second kappa shape index (κ2) is 11.8. The standard InChI is InChI=1S/C21H20N3O2.C2H6.Y/c1-5-17-14(4)7-6-8-18(17)20-23-21(26-24-20)15-9-10-19(25-13(2)3)16(11-15)12-22;1-2;/h6-11,13H,4-5H2,1-3H3;1-2H3;/q-1;;.